The van der Waals surface area contributed by atoms with E-state index >= 15 is 0 Å². The topological polar surface area (TPSA) is 67.2 Å². The Morgan fingerprint density at radius 3 is 2.37 bits per heavy atom. The summed E-state index contributed by atoms with van der Waals surface area (Å²) >= 11 is 0. The zero-order chi connectivity index (χ0) is 26.8. The van der Waals surface area contributed by atoms with Gasteiger partial charge in [0.2, 0.25) is 0 Å². The van der Waals surface area contributed by atoms with Crippen molar-refractivity contribution in [3.8, 4) is 11.1 Å². The number of nitrogens with zero attached hydrogens (tertiary/aromatic N) is 3. The lowest BCUT2D eigenvalue weighted by atomic mass is 9.88. The predicted octanol–water partition coefficient (Wildman–Crippen LogP) is 6.12. The van der Waals surface area contributed by atoms with E-state index in [1.807, 2.05) is 37.3 Å². The van der Waals surface area contributed by atoms with Crippen molar-refractivity contribution >= 4 is 17.5 Å². The molecule has 7 heteroatoms. The summed E-state index contributed by atoms with van der Waals surface area (Å²) in [7, 11) is 1.91. The van der Waals surface area contributed by atoms with E-state index in [4.69, 9.17) is 0 Å². The second-order valence-electron chi connectivity index (χ2n) is 10.1. The van der Waals surface area contributed by atoms with E-state index in [1.165, 1.54) is 17.7 Å². The molecule has 0 aliphatic carbocycles. The maximum Gasteiger partial charge on any atom is 0.258 e. The van der Waals surface area contributed by atoms with Crippen LogP contribution in [0.3, 0.4) is 0 Å². The molecule has 0 saturated carbocycles. The Balaban J connectivity index is 1.23. The van der Waals surface area contributed by atoms with Crippen LogP contribution in [0.2, 0.25) is 0 Å². The van der Waals surface area contributed by atoms with Gasteiger partial charge < -0.3 is 10.2 Å². The largest absolute Gasteiger partial charge is 0.339 e. The van der Waals surface area contributed by atoms with Gasteiger partial charge in [0.25, 0.3) is 11.8 Å². The smallest absolute Gasteiger partial charge is 0.258 e. The monoisotopic (exact) mass is 510 g/mol. The van der Waals surface area contributed by atoms with Gasteiger partial charge in [0.15, 0.2) is 0 Å². The molecule has 194 valence electrons. The van der Waals surface area contributed by atoms with Crippen molar-refractivity contribution in [3.63, 3.8) is 0 Å². The number of rotatable bonds is 5. The number of aromatic nitrogens is 2. The van der Waals surface area contributed by atoms with Crippen LogP contribution in [0, 0.1) is 19.7 Å². The Bertz CT molecular complexity index is 1480. The first-order valence-electron chi connectivity index (χ1n) is 12.8. The number of piperidine rings is 1. The molecule has 6 nitrogen and oxygen atoms in total. The van der Waals surface area contributed by atoms with Crippen LogP contribution in [0.1, 0.15) is 56.2 Å². The maximum absolute atomic E-state index is 14.2. The van der Waals surface area contributed by atoms with Crippen molar-refractivity contribution in [2.45, 2.75) is 32.6 Å². The number of hydrogen-bond donors (Lipinski definition) is 1. The number of halogens is 1. The molecule has 0 radical (unpaired) electrons. The van der Waals surface area contributed by atoms with E-state index in [9.17, 15) is 14.0 Å². The highest BCUT2D eigenvalue weighted by molar-refractivity contribution is 6.06. The molecule has 1 fully saturated rings. The minimum atomic E-state index is -0.576. The fraction of sp³-hybridized carbons (Fsp3) is 0.258. The first-order chi connectivity index (χ1) is 18.3. The lowest BCUT2D eigenvalue weighted by molar-refractivity contribution is 0.0712. The van der Waals surface area contributed by atoms with Crippen LogP contribution in [-0.4, -0.2) is 39.6 Å². The fourth-order valence-corrected chi connectivity index (χ4v) is 5.01. The fourth-order valence-electron chi connectivity index (χ4n) is 5.01. The minimum Gasteiger partial charge on any atom is -0.339 e. The predicted molar refractivity (Wildman–Crippen MR) is 147 cm³/mol. The van der Waals surface area contributed by atoms with Crippen molar-refractivity contribution in [2.24, 2.45) is 7.05 Å². The van der Waals surface area contributed by atoms with Crippen molar-refractivity contribution < 1.29 is 14.0 Å². The highest BCUT2D eigenvalue weighted by Gasteiger charge is 2.25. The Labute approximate surface area is 222 Å². The van der Waals surface area contributed by atoms with Crippen LogP contribution >= 0.6 is 0 Å². The summed E-state index contributed by atoms with van der Waals surface area (Å²) in [5, 5.41) is 7.03. The molecule has 5 rings (SSSR count). The van der Waals surface area contributed by atoms with Crippen LogP contribution in [0.4, 0.5) is 10.1 Å². The third kappa shape index (κ3) is 5.37. The van der Waals surface area contributed by atoms with E-state index in [0.717, 1.165) is 35.1 Å². The van der Waals surface area contributed by atoms with Crippen molar-refractivity contribution in [3.05, 3.63) is 107 Å². The maximum atomic E-state index is 14.2. The van der Waals surface area contributed by atoms with Gasteiger partial charge in [-0.15, -0.1) is 0 Å². The van der Waals surface area contributed by atoms with Gasteiger partial charge >= 0.3 is 0 Å². The average molecular weight is 511 g/mol. The lowest BCUT2D eigenvalue weighted by Gasteiger charge is -2.32. The summed E-state index contributed by atoms with van der Waals surface area (Å²) in [6, 6.07) is 18.3. The van der Waals surface area contributed by atoms with Gasteiger partial charge in [0.05, 0.1) is 11.8 Å². The van der Waals surface area contributed by atoms with Crippen LogP contribution in [-0.2, 0) is 7.05 Å². The highest BCUT2D eigenvalue weighted by Crippen LogP contribution is 2.31. The van der Waals surface area contributed by atoms with Crippen molar-refractivity contribution in [2.75, 3.05) is 18.4 Å². The number of aryl methyl sites for hydroxylation is 3. The number of nitrogens with one attached hydrogen (secondary N) is 1. The molecule has 1 aliphatic heterocycles. The molecule has 1 saturated heterocycles. The second kappa shape index (κ2) is 10.6. The number of anilines is 1. The minimum absolute atomic E-state index is 0.0170. The molecule has 2 heterocycles. The summed E-state index contributed by atoms with van der Waals surface area (Å²) in [6.45, 7) is 4.98. The molecule has 2 amide bonds. The van der Waals surface area contributed by atoms with Crippen molar-refractivity contribution in [1.29, 1.82) is 0 Å². The molecule has 3 aromatic carbocycles. The second-order valence-corrected chi connectivity index (χ2v) is 10.1. The number of hydrogen-bond acceptors (Lipinski definition) is 3. The first kappa shape index (κ1) is 25.4. The molecular weight excluding hydrogens is 479 g/mol. The normalized spacial score (nSPS) is 13.9. The Hall–Kier alpha value is -4.26. The lowest BCUT2D eigenvalue weighted by Crippen LogP contribution is -2.38. The van der Waals surface area contributed by atoms with Gasteiger partial charge in [-0.1, -0.05) is 42.0 Å². The summed E-state index contributed by atoms with van der Waals surface area (Å²) in [6.07, 6.45) is 5.64. The molecule has 0 unspecified atom stereocenters. The number of benzene rings is 3. The molecule has 1 aromatic heterocycles. The number of likely N-dealkylation sites (tertiary alicyclic amines) is 1. The summed E-state index contributed by atoms with van der Waals surface area (Å²) in [4.78, 5) is 27.9. The van der Waals surface area contributed by atoms with Gasteiger partial charge in [0, 0.05) is 43.1 Å². The molecule has 0 spiro atoms. The van der Waals surface area contributed by atoms with E-state index in [1.54, 1.807) is 29.8 Å². The van der Waals surface area contributed by atoms with E-state index in [-0.39, 0.29) is 11.5 Å². The quantitative estimate of drug-likeness (QED) is 0.352. The highest BCUT2D eigenvalue weighted by atomic mass is 19.1. The van der Waals surface area contributed by atoms with E-state index in [0.29, 0.717) is 30.3 Å². The number of carbonyl (C=O) groups excluding carboxylic acids is 2. The van der Waals surface area contributed by atoms with Gasteiger partial charge in [-0.05, 0) is 73.6 Å². The van der Waals surface area contributed by atoms with Crippen LogP contribution < -0.4 is 5.32 Å². The van der Waals surface area contributed by atoms with Crippen LogP contribution in [0.25, 0.3) is 11.1 Å². The van der Waals surface area contributed by atoms with Crippen LogP contribution in [0.15, 0.2) is 73.1 Å². The molecule has 4 aromatic rings. The molecule has 1 aliphatic rings. The summed E-state index contributed by atoms with van der Waals surface area (Å²) in [5.41, 5.74) is 6.12. The molecule has 0 bridgehead atoms. The Kier molecular flexibility index (Phi) is 7.09. The standard InChI is InChI=1S/C31H31FN4O2/c1-20-4-11-28(32)27(16-20)30(37)34-29-17-25(6-5-21(29)2)31(38)36-14-12-24(13-15-36)22-7-9-23(10-8-22)26-18-33-35(3)19-26/h4-11,16-19,24H,12-15H2,1-3H3,(H,34,37). The molecule has 38 heavy (non-hydrogen) atoms. The third-order valence-electron chi connectivity index (χ3n) is 7.30. The number of carbonyl (C=O) groups is 2. The van der Waals surface area contributed by atoms with Gasteiger partial charge in [-0.3, -0.25) is 14.3 Å². The third-order valence-corrected chi connectivity index (χ3v) is 7.30. The zero-order valence-corrected chi connectivity index (χ0v) is 21.9. The summed E-state index contributed by atoms with van der Waals surface area (Å²) in [5.74, 6) is -0.770. The molecular formula is C31H31FN4O2. The molecule has 0 atom stereocenters. The first-order valence-corrected chi connectivity index (χ1v) is 12.8. The zero-order valence-electron chi connectivity index (χ0n) is 21.9. The molecule has 1 N–H and O–H groups in total. The summed E-state index contributed by atoms with van der Waals surface area (Å²) < 4.78 is 16.0. The van der Waals surface area contributed by atoms with Gasteiger partial charge in [-0.2, -0.15) is 5.10 Å². The van der Waals surface area contributed by atoms with E-state index in [2.05, 4.69) is 34.7 Å². The van der Waals surface area contributed by atoms with Gasteiger partial charge in [-0.25, -0.2) is 4.39 Å². The van der Waals surface area contributed by atoms with Gasteiger partial charge in [0.1, 0.15) is 5.82 Å². The number of amides is 2. The van der Waals surface area contributed by atoms with Crippen molar-refractivity contribution in [1.82, 2.24) is 14.7 Å². The van der Waals surface area contributed by atoms with Crippen LogP contribution in [0.5, 0.6) is 0 Å². The SMILES string of the molecule is Cc1ccc(F)c(C(=O)Nc2cc(C(=O)N3CCC(c4ccc(-c5cnn(C)c5)cc4)CC3)ccc2C)c1. The average Bonchev–Trinajstić information content (AvgIpc) is 3.37. The van der Waals surface area contributed by atoms with E-state index < -0.39 is 11.7 Å². The Morgan fingerprint density at radius 1 is 0.947 bits per heavy atom. The Morgan fingerprint density at radius 2 is 1.68 bits per heavy atom.